The van der Waals surface area contributed by atoms with E-state index in [-0.39, 0.29) is 11.8 Å². The summed E-state index contributed by atoms with van der Waals surface area (Å²) in [7, 11) is 1.63. The van der Waals surface area contributed by atoms with Crippen LogP contribution in [-0.2, 0) is 11.3 Å². The molecule has 0 bridgehead atoms. The number of aromatic nitrogens is 1. The van der Waals surface area contributed by atoms with Gasteiger partial charge in [0, 0.05) is 37.0 Å². The molecule has 2 amide bonds. The number of fused-ring (bicyclic) bond motifs is 1. The van der Waals surface area contributed by atoms with Crippen molar-refractivity contribution in [2.24, 2.45) is 5.92 Å². The summed E-state index contributed by atoms with van der Waals surface area (Å²) in [6, 6.07) is 17.5. The van der Waals surface area contributed by atoms with Gasteiger partial charge < -0.3 is 19.9 Å². The lowest BCUT2D eigenvalue weighted by Crippen LogP contribution is -2.39. The van der Waals surface area contributed by atoms with Crippen LogP contribution in [0.25, 0.3) is 10.9 Å². The first kappa shape index (κ1) is 20.0. The molecule has 6 nitrogen and oxygen atoms in total. The first-order chi connectivity index (χ1) is 14.6. The molecular weight excluding hydrogens is 378 g/mol. The minimum Gasteiger partial charge on any atom is -0.497 e. The Morgan fingerprint density at radius 3 is 2.67 bits per heavy atom. The highest BCUT2D eigenvalue weighted by molar-refractivity contribution is 5.98. The standard InChI is InChI=1S/C24H27N3O3/c1-30-20-7-4-5-18(13-20)16-25-23(28)14-17-9-11-27(12-10-17)24(29)22-15-19-6-2-3-8-21(19)26-22/h2-8,13,15,17,26H,9-12,14,16H2,1H3,(H,25,28). The predicted molar refractivity (Wildman–Crippen MR) is 116 cm³/mol. The predicted octanol–water partition coefficient (Wildman–Crippen LogP) is 3.74. The number of nitrogens with zero attached hydrogens (tertiary/aromatic N) is 1. The van der Waals surface area contributed by atoms with Crippen LogP contribution >= 0.6 is 0 Å². The van der Waals surface area contributed by atoms with Crippen LogP contribution in [-0.4, -0.2) is 41.9 Å². The van der Waals surface area contributed by atoms with E-state index in [0.717, 1.165) is 35.1 Å². The van der Waals surface area contributed by atoms with Crippen molar-refractivity contribution in [1.82, 2.24) is 15.2 Å². The van der Waals surface area contributed by atoms with Crippen molar-refractivity contribution in [2.45, 2.75) is 25.8 Å². The zero-order chi connectivity index (χ0) is 20.9. The molecule has 2 N–H and O–H groups in total. The Hall–Kier alpha value is -3.28. The van der Waals surface area contributed by atoms with Gasteiger partial charge in [-0.2, -0.15) is 0 Å². The Morgan fingerprint density at radius 2 is 1.90 bits per heavy atom. The number of carbonyl (C=O) groups is 2. The Kier molecular flexibility index (Phi) is 6.02. The van der Waals surface area contributed by atoms with Gasteiger partial charge in [-0.25, -0.2) is 0 Å². The van der Waals surface area contributed by atoms with E-state index in [2.05, 4.69) is 10.3 Å². The van der Waals surface area contributed by atoms with Gasteiger partial charge in [0.2, 0.25) is 5.91 Å². The third-order valence-electron chi connectivity index (χ3n) is 5.76. The van der Waals surface area contributed by atoms with Gasteiger partial charge in [0.05, 0.1) is 7.11 Å². The average Bonchev–Trinajstić information content (AvgIpc) is 3.22. The second-order valence-electron chi connectivity index (χ2n) is 7.84. The minimum absolute atomic E-state index is 0.0344. The van der Waals surface area contributed by atoms with Gasteiger partial charge in [-0.3, -0.25) is 9.59 Å². The molecule has 0 unspecified atom stereocenters. The number of hydrogen-bond donors (Lipinski definition) is 2. The maximum Gasteiger partial charge on any atom is 0.270 e. The molecule has 0 aliphatic carbocycles. The minimum atomic E-state index is 0.0344. The Labute approximate surface area is 176 Å². The number of H-pyrrole nitrogens is 1. The van der Waals surface area contributed by atoms with Crippen LogP contribution in [0.4, 0.5) is 0 Å². The number of rotatable bonds is 6. The lowest BCUT2D eigenvalue weighted by atomic mass is 9.93. The second kappa shape index (κ2) is 9.03. The SMILES string of the molecule is COc1cccc(CNC(=O)CC2CCN(C(=O)c3cc4ccccc4[nH]3)CC2)c1. The molecule has 0 atom stereocenters. The maximum atomic E-state index is 12.8. The van der Waals surface area contributed by atoms with Crippen molar-refractivity contribution >= 4 is 22.7 Å². The first-order valence-corrected chi connectivity index (χ1v) is 10.4. The molecule has 1 aliphatic rings. The van der Waals surface area contributed by atoms with E-state index in [1.54, 1.807) is 7.11 Å². The molecule has 156 valence electrons. The van der Waals surface area contributed by atoms with Gasteiger partial charge >= 0.3 is 0 Å². The molecule has 4 rings (SSSR count). The number of aromatic amines is 1. The molecule has 1 aliphatic heterocycles. The Morgan fingerprint density at radius 1 is 1.10 bits per heavy atom. The molecule has 0 saturated carbocycles. The zero-order valence-corrected chi connectivity index (χ0v) is 17.2. The molecule has 0 spiro atoms. The van der Waals surface area contributed by atoms with Crippen molar-refractivity contribution in [1.29, 1.82) is 0 Å². The number of para-hydroxylation sites is 1. The molecule has 1 fully saturated rings. The Balaban J connectivity index is 1.24. The van der Waals surface area contributed by atoms with Crippen molar-refractivity contribution in [3.8, 4) is 5.75 Å². The molecule has 1 saturated heterocycles. The summed E-state index contributed by atoms with van der Waals surface area (Å²) < 4.78 is 5.21. The van der Waals surface area contributed by atoms with Gasteiger partial charge in [-0.05, 0) is 48.6 Å². The quantitative estimate of drug-likeness (QED) is 0.656. The van der Waals surface area contributed by atoms with E-state index in [1.807, 2.05) is 59.5 Å². The van der Waals surface area contributed by atoms with Crippen LogP contribution in [0.1, 0.15) is 35.3 Å². The molecule has 0 radical (unpaired) electrons. The number of ether oxygens (including phenoxy) is 1. The van der Waals surface area contributed by atoms with E-state index in [0.29, 0.717) is 37.7 Å². The molecule has 1 aromatic heterocycles. The molecule has 30 heavy (non-hydrogen) atoms. The normalized spacial score (nSPS) is 14.6. The van der Waals surface area contributed by atoms with E-state index >= 15 is 0 Å². The highest BCUT2D eigenvalue weighted by Crippen LogP contribution is 2.23. The average molecular weight is 405 g/mol. The number of benzene rings is 2. The van der Waals surface area contributed by atoms with Gasteiger partial charge in [0.25, 0.3) is 5.91 Å². The Bertz CT molecular complexity index is 1000. The van der Waals surface area contributed by atoms with E-state index in [9.17, 15) is 9.59 Å². The number of methoxy groups -OCH3 is 1. The summed E-state index contributed by atoms with van der Waals surface area (Å²) >= 11 is 0. The summed E-state index contributed by atoms with van der Waals surface area (Å²) in [4.78, 5) is 30.3. The third kappa shape index (κ3) is 4.64. The van der Waals surface area contributed by atoms with Gasteiger partial charge in [0.1, 0.15) is 11.4 Å². The van der Waals surface area contributed by atoms with Crippen LogP contribution in [0.5, 0.6) is 5.75 Å². The fraction of sp³-hybridized carbons (Fsp3) is 0.333. The molecule has 6 heteroatoms. The maximum absolute atomic E-state index is 12.8. The molecular formula is C24H27N3O3. The number of piperidine rings is 1. The first-order valence-electron chi connectivity index (χ1n) is 10.4. The molecule has 2 heterocycles. The fourth-order valence-corrected chi connectivity index (χ4v) is 4.02. The van der Waals surface area contributed by atoms with Gasteiger partial charge in [-0.1, -0.05) is 30.3 Å². The van der Waals surface area contributed by atoms with Crippen LogP contribution in [0.15, 0.2) is 54.6 Å². The summed E-state index contributed by atoms with van der Waals surface area (Å²) in [5.74, 6) is 1.18. The highest BCUT2D eigenvalue weighted by Gasteiger charge is 2.25. The smallest absolute Gasteiger partial charge is 0.270 e. The molecule has 3 aromatic rings. The van der Waals surface area contributed by atoms with Crippen LogP contribution in [0.3, 0.4) is 0 Å². The zero-order valence-electron chi connectivity index (χ0n) is 17.2. The lowest BCUT2D eigenvalue weighted by Gasteiger charge is -2.31. The fourth-order valence-electron chi connectivity index (χ4n) is 4.02. The summed E-state index contributed by atoms with van der Waals surface area (Å²) in [5, 5.41) is 4.04. The van der Waals surface area contributed by atoms with Crippen LogP contribution < -0.4 is 10.1 Å². The van der Waals surface area contributed by atoms with E-state index < -0.39 is 0 Å². The highest BCUT2D eigenvalue weighted by atomic mass is 16.5. The van der Waals surface area contributed by atoms with Crippen LogP contribution in [0, 0.1) is 5.92 Å². The van der Waals surface area contributed by atoms with Crippen molar-refractivity contribution in [3.63, 3.8) is 0 Å². The second-order valence-corrected chi connectivity index (χ2v) is 7.84. The summed E-state index contributed by atoms with van der Waals surface area (Å²) in [6.45, 7) is 1.86. The number of likely N-dealkylation sites (tertiary alicyclic amines) is 1. The van der Waals surface area contributed by atoms with E-state index in [4.69, 9.17) is 4.74 Å². The van der Waals surface area contributed by atoms with Crippen molar-refractivity contribution < 1.29 is 14.3 Å². The number of carbonyl (C=O) groups excluding carboxylic acids is 2. The van der Waals surface area contributed by atoms with Crippen LogP contribution in [0.2, 0.25) is 0 Å². The summed E-state index contributed by atoms with van der Waals surface area (Å²) in [5.41, 5.74) is 2.62. The van der Waals surface area contributed by atoms with Crippen molar-refractivity contribution in [3.05, 3.63) is 65.9 Å². The third-order valence-corrected chi connectivity index (χ3v) is 5.76. The number of amides is 2. The number of nitrogens with one attached hydrogen (secondary N) is 2. The van der Waals surface area contributed by atoms with Crippen molar-refractivity contribution in [2.75, 3.05) is 20.2 Å². The van der Waals surface area contributed by atoms with Gasteiger partial charge in [-0.15, -0.1) is 0 Å². The topological polar surface area (TPSA) is 74.4 Å². The summed E-state index contributed by atoms with van der Waals surface area (Å²) in [6.07, 6.45) is 2.19. The number of hydrogen-bond acceptors (Lipinski definition) is 3. The monoisotopic (exact) mass is 405 g/mol. The van der Waals surface area contributed by atoms with E-state index in [1.165, 1.54) is 0 Å². The van der Waals surface area contributed by atoms with Gasteiger partial charge in [0.15, 0.2) is 0 Å². The molecule has 2 aromatic carbocycles. The largest absolute Gasteiger partial charge is 0.497 e. The lowest BCUT2D eigenvalue weighted by molar-refractivity contribution is -0.122.